The van der Waals surface area contributed by atoms with Crippen LogP contribution in [0.15, 0.2) is 62.5 Å². The number of fused-ring (bicyclic) bond motifs is 8. The lowest BCUT2D eigenvalue weighted by Crippen LogP contribution is -2.39. The lowest BCUT2D eigenvalue weighted by atomic mass is 9.84. The third-order valence-electron chi connectivity index (χ3n) is 11.5. The number of aromatic nitrogens is 3. The van der Waals surface area contributed by atoms with E-state index in [4.69, 9.17) is 32.2 Å². The summed E-state index contributed by atoms with van der Waals surface area (Å²) in [6.07, 6.45) is 10.8. The van der Waals surface area contributed by atoms with Crippen LogP contribution in [0.2, 0.25) is 0 Å². The third-order valence-corrected chi connectivity index (χ3v) is 11.5. The number of hydrogen-bond acceptors (Lipinski definition) is 16. The van der Waals surface area contributed by atoms with Gasteiger partial charge in [-0.25, -0.2) is 15.0 Å². The van der Waals surface area contributed by atoms with Gasteiger partial charge in [0, 0.05) is 65.2 Å². The largest absolute Gasteiger partial charge is 0.462 e. The van der Waals surface area contributed by atoms with Gasteiger partial charge in [0.05, 0.1) is 36.8 Å². The molecule has 0 spiro atoms. The molecule has 4 heterocycles. The molecule has 17 nitrogen and oxygen atoms in total. The van der Waals surface area contributed by atoms with E-state index >= 15 is 0 Å². The summed E-state index contributed by atoms with van der Waals surface area (Å²) >= 11 is 0. The van der Waals surface area contributed by atoms with Crippen LogP contribution in [0.3, 0.4) is 0 Å². The zero-order chi connectivity index (χ0) is 45.5. The number of esters is 1. The Bertz CT molecular complexity index is 1980. The average Bonchev–Trinajstić information content (AvgIpc) is 4.06. The van der Waals surface area contributed by atoms with Gasteiger partial charge in [-0.1, -0.05) is 52.8 Å². The first kappa shape index (κ1) is 49.6. The number of ketones is 2. The van der Waals surface area contributed by atoms with Crippen LogP contribution in [-0.2, 0) is 38.1 Å². The van der Waals surface area contributed by atoms with Crippen molar-refractivity contribution in [2.75, 3.05) is 28.4 Å². The zero-order valence-corrected chi connectivity index (χ0v) is 37.0. The van der Waals surface area contributed by atoms with E-state index in [-0.39, 0.29) is 72.7 Å². The maximum Gasteiger partial charge on any atom is 0.308 e. The average molecular weight is 867 g/mol. The molecule has 0 aromatic carbocycles. The first-order valence-corrected chi connectivity index (χ1v) is 20.9. The number of oxazole rings is 3. The molecule has 62 heavy (non-hydrogen) atoms. The number of Topliss-reactive ketones (excluding diaryl/α,β-unsaturated/α-hetero) is 1. The molecule has 1 amide bonds. The fourth-order valence-electron chi connectivity index (χ4n) is 7.28. The van der Waals surface area contributed by atoms with E-state index in [0.717, 1.165) is 0 Å². The van der Waals surface area contributed by atoms with Crippen molar-refractivity contribution in [1.29, 1.82) is 0 Å². The van der Waals surface area contributed by atoms with Gasteiger partial charge in [0.25, 0.3) is 0 Å². The molecular weight excluding hydrogens is 805 g/mol. The lowest BCUT2D eigenvalue weighted by molar-refractivity contribution is -0.159. The molecule has 11 atom stereocenters. The Morgan fingerprint density at radius 1 is 0.952 bits per heavy atom. The van der Waals surface area contributed by atoms with Crippen LogP contribution in [0.1, 0.15) is 90.8 Å². The SMILES string of the molecule is CO[C@@H]1c2coc(n2)-c2coc(n2)-c2coc(n2)/C=C\C[C@@H](OC)[C@H](C)[C@H](C[C@@H](OC)[C@@H](C)CCC(=O)[C@H](C)[C@@H](O)[C@H](C)/C=C/N(C)C=O)OC(=O)C[C@H](O)C/C=C\C(=O)[C@@H]1C. The predicted molar refractivity (Wildman–Crippen MR) is 225 cm³/mol. The molecule has 3 aromatic rings. The molecule has 1 aliphatic heterocycles. The smallest absolute Gasteiger partial charge is 0.308 e. The van der Waals surface area contributed by atoms with E-state index in [9.17, 15) is 29.4 Å². The number of methoxy groups -OCH3 is 3. The Labute approximate surface area is 362 Å². The summed E-state index contributed by atoms with van der Waals surface area (Å²) in [4.78, 5) is 65.6. The normalized spacial score (nSPS) is 25.4. The number of cyclic esters (lactones) is 1. The maximum atomic E-state index is 13.5. The highest BCUT2D eigenvalue weighted by atomic mass is 16.6. The monoisotopic (exact) mass is 866 g/mol. The molecule has 0 unspecified atom stereocenters. The Morgan fingerprint density at radius 2 is 1.63 bits per heavy atom. The topological polar surface area (TPSA) is 227 Å². The Morgan fingerprint density at radius 3 is 2.32 bits per heavy atom. The van der Waals surface area contributed by atoms with Gasteiger partial charge in [-0.05, 0) is 37.3 Å². The first-order chi connectivity index (χ1) is 29.6. The molecule has 340 valence electrons. The fraction of sp³-hybridized carbons (Fsp3) is 0.578. The van der Waals surface area contributed by atoms with Gasteiger partial charge in [0.2, 0.25) is 24.1 Å². The number of ether oxygens (including phenoxy) is 4. The van der Waals surface area contributed by atoms with Crippen molar-refractivity contribution < 1.29 is 61.6 Å². The Kier molecular flexibility index (Phi) is 19.2. The number of carbonyl (C=O) groups is 4. The number of carbonyl (C=O) groups excluding carboxylic acids is 4. The summed E-state index contributed by atoms with van der Waals surface area (Å²) in [7, 11) is 6.16. The van der Waals surface area contributed by atoms with Crippen molar-refractivity contribution in [3.63, 3.8) is 0 Å². The highest BCUT2D eigenvalue weighted by molar-refractivity contribution is 5.92. The Balaban J connectivity index is 1.54. The van der Waals surface area contributed by atoms with Crippen molar-refractivity contribution >= 4 is 30.0 Å². The molecule has 2 N–H and O–H groups in total. The second kappa shape index (κ2) is 24.0. The Hall–Kier alpha value is -5.07. The number of nitrogens with zero attached hydrogens (tertiary/aromatic N) is 4. The van der Waals surface area contributed by atoms with Gasteiger partial charge in [-0.2, -0.15) is 0 Å². The highest BCUT2D eigenvalue weighted by Gasteiger charge is 2.34. The van der Waals surface area contributed by atoms with E-state index in [1.54, 1.807) is 60.4 Å². The molecular formula is C45H62N4O13. The number of allylic oxidation sites excluding steroid dienone is 1. The summed E-state index contributed by atoms with van der Waals surface area (Å²) in [6.45, 7) is 9.01. The third kappa shape index (κ3) is 13.7. The highest BCUT2D eigenvalue weighted by Crippen LogP contribution is 2.31. The van der Waals surface area contributed by atoms with Crippen LogP contribution < -0.4 is 0 Å². The maximum absolute atomic E-state index is 13.5. The molecule has 0 fully saturated rings. The van der Waals surface area contributed by atoms with Crippen molar-refractivity contribution in [1.82, 2.24) is 19.9 Å². The van der Waals surface area contributed by atoms with Crippen LogP contribution in [-0.4, -0.2) is 113 Å². The van der Waals surface area contributed by atoms with Gasteiger partial charge in [0.1, 0.15) is 42.5 Å². The number of amides is 1. The molecule has 17 heteroatoms. The van der Waals surface area contributed by atoms with E-state index < -0.39 is 54.4 Å². The van der Waals surface area contributed by atoms with Crippen molar-refractivity contribution in [3.8, 4) is 23.2 Å². The summed E-state index contributed by atoms with van der Waals surface area (Å²) in [5.41, 5.74) is 0.995. The molecule has 0 aliphatic carbocycles. The van der Waals surface area contributed by atoms with Gasteiger partial charge in [-0.15, -0.1) is 0 Å². The predicted octanol–water partition coefficient (Wildman–Crippen LogP) is 6.18. The minimum Gasteiger partial charge on any atom is -0.462 e. The number of rotatable bonds is 15. The first-order valence-electron chi connectivity index (χ1n) is 20.9. The number of aliphatic hydroxyl groups is 2. The molecule has 3 aromatic heterocycles. The van der Waals surface area contributed by atoms with Crippen LogP contribution in [0, 0.1) is 29.6 Å². The van der Waals surface area contributed by atoms with Crippen molar-refractivity contribution in [2.45, 2.75) is 110 Å². The van der Waals surface area contributed by atoms with Crippen LogP contribution in [0.4, 0.5) is 0 Å². The van der Waals surface area contributed by atoms with Gasteiger partial charge in [0.15, 0.2) is 17.2 Å². The van der Waals surface area contributed by atoms with Crippen LogP contribution in [0.5, 0.6) is 0 Å². The quantitative estimate of drug-likeness (QED) is 0.128. The van der Waals surface area contributed by atoms with Crippen molar-refractivity contribution in [3.05, 3.63) is 60.9 Å². The molecule has 4 rings (SSSR count). The standard InChI is InChI=1S/C45H62N4O13/c1-26(16-17-36(53)28(3)42(55)27(2)18-19-49(6)25-50)38(57-8)21-39-30(5)37(56-7)14-11-15-40-46-33(23-59-40)44-48-34(24-61-44)45-47-32(22-60-45)43(58-9)29(4)35(52)13-10-12-31(51)20-41(54)62-39/h10-11,13,15,18-19,22-31,37-39,42-43,51,55H,12,14,16-17,20-21H2,1-9H3/b13-10-,15-11-,19-18+/t26-,27+,28-,29-,30-,31+,37+,38+,39-,42-,43-/m0/s1. The number of aliphatic hydroxyl groups excluding tert-OH is 2. The van der Waals surface area contributed by atoms with Crippen LogP contribution in [0.25, 0.3) is 29.2 Å². The van der Waals surface area contributed by atoms with Gasteiger partial charge < -0.3 is 47.3 Å². The van der Waals surface area contributed by atoms with E-state index in [2.05, 4.69) is 15.0 Å². The second-order valence-electron chi connectivity index (χ2n) is 16.1. The van der Waals surface area contributed by atoms with Gasteiger partial charge in [-0.3, -0.25) is 19.2 Å². The van der Waals surface area contributed by atoms with Crippen molar-refractivity contribution in [2.24, 2.45) is 29.6 Å². The molecule has 6 bridgehead atoms. The van der Waals surface area contributed by atoms with E-state index in [0.29, 0.717) is 36.3 Å². The molecule has 0 saturated carbocycles. The lowest BCUT2D eigenvalue weighted by Gasteiger charge is -2.33. The minimum absolute atomic E-state index is 0.00560. The van der Waals surface area contributed by atoms with Gasteiger partial charge >= 0.3 is 5.97 Å². The summed E-state index contributed by atoms with van der Waals surface area (Å²) in [5, 5.41) is 21.7. The minimum atomic E-state index is -1.15. The molecule has 0 saturated heterocycles. The second-order valence-corrected chi connectivity index (χ2v) is 16.1. The molecule has 0 radical (unpaired) electrons. The fourth-order valence-corrected chi connectivity index (χ4v) is 7.28. The van der Waals surface area contributed by atoms with E-state index in [1.165, 1.54) is 43.0 Å². The summed E-state index contributed by atoms with van der Waals surface area (Å²) < 4.78 is 40.6. The number of hydrogen-bond donors (Lipinski definition) is 2. The van der Waals surface area contributed by atoms with Crippen LogP contribution >= 0.6 is 0 Å². The molecule has 1 aliphatic rings. The summed E-state index contributed by atoms with van der Waals surface area (Å²) in [5.74, 6) is -2.71. The summed E-state index contributed by atoms with van der Waals surface area (Å²) in [6, 6.07) is 0. The van der Waals surface area contributed by atoms with E-state index in [1.807, 2.05) is 19.9 Å². The zero-order valence-electron chi connectivity index (χ0n) is 37.0.